The van der Waals surface area contributed by atoms with Gasteiger partial charge in [0.05, 0.1) is 0 Å². The lowest BCUT2D eigenvalue weighted by molar-refractivity contribution is 1.01. The molecule has 0 N–H and O–H groups in total. The predicted molar refractivity (Wildman–Crippen MR) is 298 cm³/mol. The highest BCUT2D eigenvalue weighted by Gasteiger charge is 2.21. The quantitative estimate of drug-likeness (QED) is 0.143. The highest BCUT2D eigenvalue weighted by molar-refractivity contribution is 6.07. The largest absolute Gasteiger partial charge is 0.344 e. The maximum Gasteiger partial charge on any atom is 0.0488 e. The Kier molecular flexibility index (Phi) is 12.2. The molecule has 4 aliphatic rings. The Morgan fingerprint density at radius 2 is 0.700 bits per heavy atom. The van der Waals surface area contributed by atoms with Gasteiger partial charge in [-0.25, -0.2) is 0 Å². The third-order valence-electron chi connectivity index (χ3n) is 14.8. The van der Waals surface area contributed by atoms with E-state index in [4.69, 9.17) is 0 Å². The highest BCUT2D eigenvalue weighted by atomic mass is 14.9. The summed E-state index contributed by atoms with van der Waals surface area (Å²) in [6.07, 6.45) is 4.42. The highest BCUT2D eigenvalue weighted by Crippen LogP contribution is 2.40. The Balaban J connectivity index is 0.0000000952. The van der Waals surface area contributed by atoms with Gasteiger partial charge in [0.2, 0.25) is 0 Å². The molecular formula is C69H59N. The van der Waals surface area contributed by atoms with E-state index in [0.29, 0.717) is 0 Å². The van der Waals surface area contributed by atoms with Crippen LogP contribution in [-0.4, -0.2) is 4.57 Å². The molecule has 1 heteroatoms. The molecular weight excluding hydrogens is 843 g/mol. The molecule has 0 saturated carbocycles. The van der Waals surface area contributed by atoms with Crippen LogP contribution in [0.25, 0.3) is 66.3 Å². The minimum atomic E-state index is 1.10. The lowest BCUT2D eigenvalue weighted by atomic mass is 10.0. The molecule has 1 heterocycles. The normalized spacial score (nSPS) is 12.1. The molecule has 1 nitrogen and oxygen atoms in total. The van der Waals surface area contributed by atoms with Gasteiger partial charge in [0.15, 0.2) is 0 Å². The van der Waals surface area contributed by atoms with Gasteiger partial charge in [-0.15, -0.1) is 0 Å². The van der Waals surface area contributed by atoms with Crippen LogP contribution >= 0.6 is 0 Å². The van der Waals surface area contributed by atoms with E-state index in [9.17, 15) is 0 Å². The molecule has 4 aliphatic carbocycles. The van der Waals surface area contributed by atoms with Crippen LogP contribution in [0.4, 0.5) is 0 Å². The molecule has 0 unspecified atom stereocenters. The second-order valence-corrected chi connectivity index (χ2v) is 19.5. The number of rotatable bonds is 0. The smallest absolute Gasteiger partial charge is 0.0488 e. The molecule has 0 amide bonds. The molecule has 70 heavy (non-hydrogen) atoms. The van der Waals surface area contributed by atoms with Gasteiger partial charge in [0.1, 0.15) is 0 Å². The van der Waals surface area contributed by atoms with Crippen LogP contribution in [-0.2, 0) is 32.7 Å². The van der Waals surface area contributed by atoms with E-state index in [0.717, 1.165) is 25.7 Å². The van der Waals surface area contributed by atoms with Crippen molar-refractivity contribution in [2.75, 3.05) is 0 Å². The van der Waals surface area contributed by atoms with Crippen LogP contribution in [0.2, 0.25) is 0 Å². The van der Waals surface area contributed by atoms with Gasteiger partial charge in [-0.05, 0) is 166 Å². The molecule has 0 spiro atoms. The van der Waals surface area contributed by atoms with Crippen LogP contribution in [0.1, 0.15) is 66.8 Å². The lowest BCUT2D eigenvalue weighted by Gasteiger charge is -2.03. The molecule has 0 aliphatic heterocycles. The van der Waals surface area contributed by atoms with Crippen molar-refractivity contribution in [3.8, 4) is 44.5 Å². The number of para-hydroxylation sites is 2. The zero-order valence-corrected chi connectivity index (χ0v) is 41.1. The summed E-state index contributed by atoms with van der Waals surface area (Å²) >= 11 is 0. The first kappa shape index (κ1) is 44.5. The fourth-order valence-electron chi connectivity index (χ4n) is 11.3. The minimum absolute atomic E-state index is 1.10. The zero-order chi connectivity index (χ0) is 47.7. The third kappa shape index (κ3) is 8.58. The average molecular weight is 902 g/mol. The first-order chi connectivity index (χ1) is 34.3. The van der Waals surface area contributed by atoms with Crippen LogP contribution in [0.3, 0.4) is 0 Å². The fourth-order valence-corrected chi connectivity index (χ4v) is 11.3. The van der Waals surface area contributed by atoms with Crippen molar-refractivity contribution in [3.63, 3.8) is 0 Å². The molecule has 0 atom stereocenters. The maximum absolute atomic E-state index is 2.30. The van der Waals surface area contributed by atoms with Crippen molar-refractivity contribution in [1.82, 2.24) is 4.57 Å². The zero-order valence-electron chi connectivity index (χ0n) is 41.1. The Hall–Kier alpha value is -8.00. The van der Waals surface area contributed by atoms with Crippen LogP contribution in [0.5, 0.6) is 0 Å². The number of hydrogen-bond acceptors (Lipinski definition) is 0. The van der Waals surface area contributed by atoms with Crippen molar-refractivity contribution in [3.05, 3.63) is 285 Å². The van der Waals surface area contributed by atoms with Crippen molar-refractivity contribution in [1.29, 1.82) is 0 Å². The van der Waals surface area contributed by atoms with E-state index >= 15 is 0 Å². The van der Waals surface area contributed by atoms with Crippen LogP contribution in [0, 0.1) is 27.7 Å². The maximum atomic E-state index is 2.30. The summed E-state index contributed by atoms with van der Waals surface area (Å²) in [5.41, 5.74) is 31.4. The number of aromatic nitrogens is 1. The van der Waals surface area contributed by atoms with Crippen molar-refractivity contribution in [2.45, 2.75) is 53.4 Å². The molecule has 11 aromatic rings. The predicted octanol–water partition coefficient (Wildman–Crippen LogP) is 17.6. The van der Waals surface area contributed by atoms with Gasteiger partial charge < -0.3 is 4.57 Å². The summed E-state index contributed by atoms with van der Waals surface area (Å²) in [7, 11) is 2.12. The van der Waals surface area contributed by atoms with E-state index in [1.807, 2.05) is 0 Å². The summed E-state index contributed by atoms with van der Waals surface area (Å²) in [6.45, 7) is 8.70. The number of benzene rings is 10. The number of nitrogens with zero attached hydrogens (tertiary/aromatic N) is 1. The van der Waals surface area contributed by atoms with Gasteiger partial charge in [-0.2, -0.15) is 0 Å². The molecule has 0 saturated heterocycles. The van der Waals surface area contributed by atoms with E-state index in [2.05, 4.69) is 258 Å². The Labute approximate surface area is 414 Å². The second kappa shape index (κ2) is 19.2. The molecule has 0 fully saturated rings. The molecule has 15 rings (SSSR count). The van der Waals surface area contributed by atoms with E-state index in [1.165, 1.54) is 133 Å². The van der Waals surface area contributed by atoms with Crippen molar-refractivity contribution >= 4 is 21.8 Å². The summed E-state index contributed by atoms with van der Waals surface area (Å²) in [4.78, 5) is 0. The van der Waals surface area contributed by atoms with Gasteiger partial charge in [0.25, 0.3) is 0 Å². The second-order valence-electron chi connectivity index (χ2n) is 19.5. The fraction of sp³-hybridized carbons (Fsp3) is 0.130. The minimum Gasteiger partial charge on any atom is -0.344 e. The van der Waals surface area contributed by atoms with E-state index in [-0.39, 0.29) is 0 Å². The van der Waals surface area contributed by atoms with Crippen molar-refractivity contribution in [2.24, 2.45) is 7.05 Å². The van der Waals surface area contributed by atoms with Crippen molar-refractivity contribution < 1.29 is 0 Å². The number of hydrogen-bond donors (Lipinski definition) is 0. The van der Waals surface area contributed by atoms with Gasteiger partial charge in [0, 0.05) is 28.9 Å². The molecule has 0 bridgehead atoms. The molecule has 340 valence electrons. The van der Waals surface area contributed by atoms with Crippen LogP contribution in [0.15, 0.2) is 218 Å². The van der Waals surface area contributed by atoms with E-state index in [1.54, 1.807) is 0 Å². The lowest BCUT2D eigenvalue weighted by Crippen LogP contribution is -1.84. The van der Waals surface area contributed by atoms with Gasteiger partial charge in [-0.1, -0.05) is 217 Å². The molecule has 10 aromatic carbocycles. The first-order valence-electron chi connectivity index (χ1n) is 24.9. The number of aryl methyl sites for hydroxylation is 5. The summed E-state index contributed by atoms with van der Waals surface area (Å²) in [6, 6.07) is 78.5. The van der Waals surface area contributed by atoms with Crippen LogP contribution < -0.4 is 0 Å². The molecule has 1 aromatic heterocycles. The van der Waals surface area contributed by atoms with Gasteiger partial charge in [-0.3, -0.25) is 0 Å². The topological polar surface area (TPSA) is 4.93 Å². The summed E-state index contributed by atoms with van der Waals surface area (Å²) in [5.74, 6) is 0. The number of fused-ring (bicyclic) bond motifs is 15. The van der Waals surface area contributed by atoms with Gasteiger partial charge >= 0.3 is 0 Å². The standard InChI is InChI=1S/4C14H12.C13H11N/c1-10-5-4-7-12-9-11-6-2-3-8-13(11)14(10)12;1-10-5-4-8-13-12-7-3-2-6-11(12)9-14(10)13;1-10-6-7-14-12(8-10)9-11-4-2-3-5-13(11)14;1-10-6-7-12-9-11-4-2-3-5-13(11)14(12)8-10;1-14-12-8-4-2-6-10(12)11-7-3-5-9-13(11)14/h4*2-8H,9H2,1H3;2-9H,1H3. The summed E-state index contributed by atoms with van der Waals surface area (Å²) in [5, 5.41) is 2.68. The first-order valence-corrected chi connectivity index (χ1v) is 24.9. The SMILES string of the molecule is Cc1ccc2c(c1)-c1ccccc1C2.Cc1ccc2c(c1)Cc1ccccc1-2.Cc1cccc2c1-c1ccccc1C2.Cc1cccc2c1Cc1ccccc1-2.Cn1c2ccccc2c2ccccc21. The molecule has 0 radical (unpaired) electrons. The third-order valence-corrected chi connectivity index (χ3v) is 14.8. The van der Waals surface area contributed by atoms with E-state index < -0.39 is 0 Å². The monoisotopic (exact) mass is 901 g/mol. The summed E-state index contributed by atoms with van der Waals surface area (Å²) < 4.78 is 2.24. The average Bonchev–Trinajstić information content (AvgIpc) is 4.22. The Bertz CT molecular complexity index is 3670. The Morgan fingerprint density at radius 3 is 1.37 bits per heavy atom. The Morgan fingerprint density at radius 1 is 0.286 bits per heavy atom.